The van der Waals surface area contributed by atoms with Crippen molar-refractivity contribution in [3.05, 3.63) is 75.7 Å². The number of hydrogen-bond donors (Lipinski definition) is 1. The number of benzene rings is 2. The number of aryl methyl sites for hydroxylation is 2. The molecule has 7 nitrogen and oxygen atoms in total. The summed E-state index contributed by atoms with van der Waals surface area (Å²) in [5, 5.41) is 10.1. The van der Waals surface area contributed by atoms with Gasteiger partial charge in [0.15, 0.2) is 0 Å². The Morgan fingerprint density at radius 3 is 2.41 bits per heavy atom. The summed E-state index contributed by atoms with van der Waals surface area (Å²) in [5.41, 5.74) is 1.42. The molecule has 0 unspecified atom stereocenters. The molecule has 0 amide bonds. The molecular formula is C25H22F2N4O3. The number of rotatable bonds is 3. The van der Waals surface area contributed by atoms with Crippen molar-refractivity contribution in [3.63, 3.8) is 0 Å². The van der Waals surface area contributed by atoms with Crippen molar-refractivity contribution in [3.8, 4) is 0 Å². The number of aromatic carboxylic acids is 1. The van der Waals surface area contributed by atoms with Crippen molar-refractivity contribution in [2.24, 2.45) is 7.05 Å². The number of nitrogens with zero attached hydrogens (tertiary/aromatic N) is 4. The summed E-state index contributed by atoms with van der Waals surface area (Å²) in [5.74, 6) is -2.06. The van der Waals surface area contributed by atoms with Crippen molar-refractivity contribution in [1.82, 2.24) is 9.55 Å². The van der Waals surface area contributed by atoms with E-state index in [0.29, 0.717) is 48.2 Å². The Bertz CT molecular complexity index is 1520. The van der Waals surface area contributed by atoms with E-state index in [9.17, 15) is 19.1 Å². The molecule has 1 N–H and O–H groups in total. The highest BCUT2D eigenvalue weighted by molar-refractivity contribution is 6.09. The number of anilines is 2. The molecule has 4 aromatic rings. The predicted octanol–water partition coefficient (Wildman–Crippen LogP) is 3.70. The number of fused-ring (bicyclic) bond motifs is 3. The number of aromatic nitrogens is 2. The van der Waals surface area contributed by atoms with Crippen LogP contribution in [0.1, 0.15) is 15.9 Å². The van der Waals surface area contributed by atoms with Gasteiger partial charge >= 0.3 is 5.97 Å². The summed E-state index contributed by atoms with van der Waals surface area (Å²) < 4.78 is 30.6. The summed E-state index contributed by atoms with van der Waals surface area (Å²) >= 11 is 0. The quantitative estimate of drug-likeness (QED) is 0.466. The number of carbonyl (C=O) groups is 1. The van der Waals surface area contributed by atoms with Gasteiger partial charge in [0.25, 0.3) is 0 Å². The van der Waals surface area contributed by atoms with Crippen molar-refractivity contribution in [2.45, 2.75) is 6.92 Å². The standard InChI is InChI=1S/C25H22F2N4O3/c1-14-3-4-15(11-19(14)27)30-7-9-31(10-8-30)23-18(26)6-5-16-21-20(12-28-22(16)23)29(2)13-17(24(21)32)25(33)34/h3-6,11-13H,7-10H2,1-2H3,(H,33,34). The van der Waals surface area contributed by atoms with Crippen LogP contribution in [0.3, 0.4) is 0 Å². The van der Waals surface area contributed by atoms with Gasteiger partial charge in [0.1, 0.15) is 17.2 Å². The lowest BCUT2D eigenvalue weighted by atomic mass is 10.0. The molecule has 5 rings (SSSR count). The van der Waals surface area contributed by atoms with Crippen LogP contribution in [0.2, 0.25) is 0 Å². The Morgan fingerprint density at radius 2 is 1.74 bits per heavy atom. The van der Waals surface area contributed by atoms with Crippen LogP contribution < -0.4 is 15.2 Å². The van der Waals surface area contributed by atoms with Gasteiger partial charge in [-0.25, -0.2) is 13.6 Å². The van der Waals surface area contributed by atoms with Crippen LogP contribution in [-0.4, -0.2) is 46.8 Å². The largest absolute Gasteiger partial charge is 0.477 e. The molecule has 3 heterocycles. The number of carboxylic acids is 1. The lowest BCUT2D eigenvalue weighted by Gasteiger charge is -2.37. The number of piperazine rings is 1. The third-order valence-corrected chi connectivity index (χ3v) is 6.46. The molecule has 2 aromatic carbocycles. The molecule has 0 aliphatic carbocycles. The average Bonchev–Trinajstić information content (AvgIpc) is 2.82. The summed E-state index contributed by atoms with van der Waals surface area (Å²) in [6.07, 6.45) is 2.73. The van der Waals surface area contributed by atoms with Crippen LogP contribution >= 0.6 is 0 Å². The topological polar surface area (TPSA) is 78.7 Å². The van der Waals surface area contributed by atoms with E-state index in [1.807, 2.05) is 15.9 Å². The number of halogens is 2. The van der Waals surface area contributed by atoms with E-state index in [1.165, 1.54) is 35.2 Å². The summed E-state index contributed by atoms with van der Waals surface area (Å²) in [6, 6.07) is 7.88. The Hall–Kier alpha value is -4.01. The molecule has 1 saturated heterocycles. The first-order chi connectivity index (χ1) is 16.3. The van der Waals surface area contributed by atoms with Crippen LogP contribution in [0.15, 0.2) is 47.5 Å². The number of carboxylic acid groups (broad SMARTS) is 1. The molecule has 2 aromatic heterocycles. The third kappa shape index (κ3) is 3.44. The molecular weight excluding hydrogens is 442 g/mol. The maximum atomic E-state index is 15.1. The molecule has 1 fully saturated rings. The minimum atomic E-state index is -1.32. The van der Waals surface area contributed by atoms with Crippen LogP contribution in [-0.2, 0) is 7.05 Å². The first kappa shape index (κ1) is 21.8. The molecule has 34 heavy (non-hydrogen) atoms. The van der Waals surface area contributed by atoms with Crippen LogP contribution in [0, 0.1) is 18.6 Å². The first-order valence-corrected chi connectivity index (χ1v) is 10.9. The van der Waals surface area contributed by atoms with Gasteiger partial charge in [0, 0.05) is 50.5 Å². The molecule has 0 radical (unpaired) electrons. The van der Waals surface area contributed by atoms with Crippen molar-refractivity contribution in [1.29, 1.82) is 0 Å². The third-order valence-electron chi connectivity index (χ3n) is 6.46. The van der Waals surface area contributed by atoms with Crippen LogP contribution in [0.4, 0.5) is 20.2 Å². The number of hydrogen-bond acceptors (Lipinski definition) is 5. The molecule has 0 bridgehead atoms. The van der Waals surface area contributed by atoms with E-state index in [-0.39, 0.29) is 22.5 Å². The zero-order valence-corrected chi connectivity index (χ0v) is 18.7. The summed E-state index contributed by atoms with van der Waals surface area (Å²) in [7, 11) is 1.64. The van der Waals surface area contributed by atoms with Gasteiger partial charge in [-0.2, -0.15) is 0 Å². The van der Waals surface area contributed by atoms with Gasteiger partial charge in [0.2, 0.25) is 5.43 Å². The second kappa shape index (κ2) is 8.09. The second-order valence-corrected chi connectivity index (χ2v) is 8.51. The molecule has 0 saturated carbocycles. The van der Waals surface area contributed by atoms with E-state index < -0.39 is 17.2 Å². The Morgan fingerprint density at radius 1 is 1.03 bits per heavy atom. The van der Waals surface area contributed by atoms with Gasteiger partial charge in [0.05, 0.1) is 28.3 Å². The van der Waals surface area contributed by atoms with E-state index in [4.69, 9.17) is 0 Å². The molecule has 0 spiro atoms. The van der Waals surface area contributed by atoms with Gasteiger partial charge in [-0.3, -0.25) is 9.78 Å². The Kier molecular flexibility index (Phi) is 5.19. The molecule has 1 aliphatic heterocycles. The highest BCUT2D eigenvalue weighted by Crippen LogP contribution is 2.33. The lowest BCUT2D eigenvalue weighted by molar-refractivity contribution is 0.0695. The zero-order valence-electron chi connectivity index (χ0n) is 18.7. The summed E-state index contributed by atoms with van der Waals surface area (Å²) in [6.45, 7) is 3.76. The number of pyridine rings is 2. The van der Waals surface area contributed by atoms with E-state index in [2.05, 4.69) is 4.98 Å². The summed E-state index contributed by atoms with van der Waals surface area (Å²) in [4.78, 5) is 33.0. The van der Waals surface area contributed by atoms with E-state index in [1.54, 1.807) is 20.0 Å². The molecule has 0 atom stereocenters. The Balaban J connectivity index is 1.57. The van der Waals surface area contributed by atoms with Gasteiger partial charge in [-0.05, 0) is 36.8 Å². The monoisotopic (exact) mass is 464 g/mol. The smallest absolute Gasteiger partial charge is 0.341 e. The molecule has 1 aliphatic rings. The lowest BCUT2D eigenvalue weighted by Crippen LogP contribution is -2.47. The van der Waals surface area contributed by atoms with Crippen molar-refractivity contribution < 1.29 is 18.7 Å². The highest BCUT2D eigenvalue weighted by atomic mass is 19.1. The van der Waals surface area contributed by atoms with Gasteiger partial charge in [-0.15, -0.1) is 0 Å². The maximum absolute atomic E-state index is 15.1. The SMILES string of the molecule is Cc1ccc(N2CCN(c3c(F)ccc4c3ncc3c4c(=O)c(C(=O)O)cn3C)CC2)cc1F. The fourth-order valence-corrected chi connectivity index (χ4v) is 4.60. The first-order valence-electron chi connectivity index (χ1n) is 10.9. The van der Waals surface area contributed by atoms with E-state index in [0.717, 1.165) is 5.69 Å². The van der Waals surface area contributed by atoms with Crippen molar-refractivity contribution in [2.75, 3.05) is 36.0 Å². The van der Waals surface area contributed by atoms with Crippen LogP contribution in [0.25, 0.3) is 21.8 Å². The normalized spacial score (nSPS) is 14.2. The Labute approximate surface area is 193 Å². The minimum Gasteiger partial charge on any atom is -0.477 e. The fourth-order valence-electron chi connectivity index (χ4n) is 4.60. The average molecular weight is 464 g/mol. The molecule has 9 heteroatoms. The van der Waals surface area contributed by atoms with E-state index >= 15 is 4.39 Å². The van der Waals surface area contributed by atoms with Crippen molar-refractivity contribution >= 4 is 39.1 Å². The predicted molar refractivity (Wildman–Crippen MR) is 127 cm³/mol. The van der Waals surface area contributed by atoms with Crippen LogP contribution in [0.5, 0.6) is 0 Å². The fraction of sp³-hybridized carbons (Fsp3) is 0.240. The molecule has 174 valence electrons. The zero-order chi connectivity index (χ0) is 24.1. The van der Waals surface area contributed by atoms with Gasteiger partial charge in [-0.1, -0.05) is 6.07 Å². The maximum Gasteiger partial charge on any atom is 0.341 e. The minimum absolute atomic E-state index is 0.197. The highest BCUT2D eigenvalue weighted by Gasteiger charge is 2.24. The van der Waals surface area contributed by atoms with Gasteiger partial charge < -0.3 is 19.5 Å². The second-order valence-electron chi connectivity index (χ2n) is 8.51.